The minimum absolute atomic E-state index is 0.113. The minimum atomic E-state index is -0.448. The lowest BCUT2D eigenvalue weighted by Crippen LogP contribution is -2.46. The highest BCUT2D eigenvalue weighted by atomic mass is 16.6. The second-order valence-corrected chi connectivity index (χ2v) is 6.77. The average Bonchev–Trinajstić information content (AvgIpc) is 2.44. The van der Waals surface area contributed by atoms with Gasteiger partial charge in [0.25, 0.3) is 0 Å². The summed E-state index contributed by atoms with van der Waals surface area (Å²) >= 11 is 0. The predicted molar refractivity (Wildman–Crippen MR) is 91.9 cm³/mol. The zero-order valence-corrected chi connectivity index (χ0v) is 14.8. The van der Waals surface area contributed by atoms with Crippen LogP contribution in [0.1, 0.15) is 53.0 Å². The largest absolute Gasteiger partial charge is 0.459 e. The smallest absolute Gasteiger partial charge is 0.324 e. The Hall–Kier alpha value is -1.35. The zero-order chi connectivity index (χ0) is 16.6. The fraction of sp³-hybridized carbons (Fsp3) is 0.632. The van der Waals surface area contributed by atoms with Crippen molar-refractivity contribution in [3.05, 3.63) is 35.9 Å². The molecule has 1 aromatic rings. The second-order valence-electron chi connectivity index (χ2n) is 6.77. The highest BCUT2D eigenvalue weighted by molar-refractivity contribution is 5.76. The number of rotatable bonds is 8. The molecule has 0 aliphatic heterocycles. The van der Waals surface area contributed by atoms with E-state index in [1.807, 2.05) is 39.0 Å². The molecule has 1 aromatic carbocycles. The Morgan fingerprint density at radius 1 is 1.09 bits per heavy atom. The Kier molecular flexibility index (Phi) is 7.60. The van der Waals surface area contributed by atoms with Gasteiger partial charge in [-0.2, -0.15) is 0 Å². The molecule has 22 heavy (non-hydrogen) atoms. The number of ether oxygens (including phenoxy) is 1. The molecule has 0 aliphatic carbocycles. The van der Waals surface area contributed by atoms with E-state index >= 15 is 0 Å². The van der Waals surface area contributed by atoms with Crippen LogP contribution in [-0.4, -0.2) is 35.6 Å². The number of hydrogen-bond acceptors (Lipinski definition) is 3. The molecule has 3 nitrogen and oxygen atoms in total. The normalized spacial score (nSPS) is 13.2. The Balaban J connectivity index is 2.94. The molecule has 1 rings (SSSR count). The predicted octanol–water partition coefficient (Wildman–Crippen LogP) is 4.06. The van der Waals surface area contributed by atoms with Crippen LogP contribution in [0.2, 0.25) is 0 Å². The number of carbonyl (C=O) groups excluding carboxylic acids is 1. The number of nitrogens with zero attached hydrogens (tertiary/aromatic N) is 1. The second kappa shape index (κ2) is 8.94. The molecule has 0 N–H and O–H groups in total. The van der Waals surface area contributed by atoms with E-state index in [0.29, 0.717) is 6.42 Å². The van der Waals surface area contributed by atoms with Crippen molar-refractivity contribution in [2.45, 2.75) is 65.5 Å². The number of benzene rings is 1. The van der Waals surface area contributed by atoms with Crippen LogP contribution in [0.4, 0.5) is 0 Å². The highest BCUT2D eigenvalue weighted by Gasteiger charge is 2.29. The van der Waals surface area contributed by atoms with E-state index in [9.17, 15) is 4.79 Å². The monoisotopic (exact) mass is 305 g/mol. The van der Waals surface area contributed by atoms with Crippen LogP contribution in [-0.2, 0) is 16.0 Å². The van der Waals surface area contributed by atoms with Crippen molar-refractivity contribution in [1.29, 1.82) is 0 Å². The highest BCUT2D eigenvalue weighted by Crippen LogP contribution is 2.16. The molecule has 0 amide bonds. The van der Waals surface area contributed by atoms with Crippen molar-refractivity contribution in [2.24, 2.45) is 0 Å². The van der Waals surface area contributed by atoms with Crippen molar-refractivity contribution in [3.8, 4) is 0 Å². The van der Waals surface area contributed by atoms with Gasteiger partial charge >= 0.3 is 5.97 Å². The molecule has 0 radical (unpaired) electrons. The van der Waals surface area contributed by atoms with Gasteiger partial charge in [-0.3, -0.25) is 9.69 Å². The molecular formula is C19H31NO2. The quantitative estimate of drug-likeness (QED) is 0.678. The molecule has 0 unspecified atom stereocenters. The van der Waals surface area contributed by atoms with Crippen molar-refractivity contribution in [2.75, 3.05) is 13.1 Å². The molecular weight excluding hydrogens is 274 g/mol. The summed E-state index contributed by atoms with van der Waals surface area (Å²) in [7, 11) is 0. The summed E-state index contributed by atoms with van der Waals surface area (Å²) in [6, 6.07) is 9.99. The lowest BCUT2D eigenvalue weighted by Gasteiger charge is -2.32. The van der Waals surface area contributed by atoms with E-state index in [1.165, 1.54) is 5.56 Å². The molecule has 0 fully saturated rings. The van der Waals surface area contributed by atoms with E-state index in [-0.39, 0.29) is 12.0 Å². The Morgan fingerprint density at radius 3 is 2.09 bits per heavy atom. The summed E-state index contributed by atoms with van der Waals surface area (Å²) < 4.78 is 5.67. The molecule has 0 spiro atoms. The first-order valence-electron chi connectivity index (χ1n) is 8.38. The first-order valence-corrected chi connectivity index (χ1v) is 8.38. The van der Waals surface area contributed by atoms with E-state index in [4.69, 9.17) is 4.74 Å². The fourth-order valence-corrected chi connectivity index (χ4v) is 2.57. The number of hydrogen-bond donors (Lipinski definition) is 0. The molecule has 124 valence electrons. The lowest BCUT2D eigenvalue weighted by atomic mass is 10.0. The standard InChI is InChI=1S/C19H31NO2/c1-6-13-20(14-7-2)17(18(21)22-19(3,4)5)15-16-11-9-8-10-12-16/h8-12,17H,6-7,13-15H2,1-5H3/t17-/m0/s1. The van der Waals surface area contributed by atoms with Gasteiger partial charge in [0, 0.05) is 0 Å². The van der Waals surface area contributed by atoms with Gasteiger partial charge in [-0.05, 0) is 58.7 Å². The molecule has 0 saturated carbocycles. The summed E-state index contributed by atoms with van der Waals surface area (Å²) in [6.45, 7) is 11.9. The third kappa shape index (κ3) is 6.61. The Labute approximate surface area is 135 Å². The maximum atomic E-state index is 12.7. The third-order valence-corrected chi connectivity index (χ3v) is 3.41. The number of carbonyl (C=O) groups is 1. The van der Waals surface area contributed by atoms with Gasteiger partial charge in [0.1, 0.15) is 11.6 Å². The van der Waals surface area contributed by atoms with Gasteiger partial charge < -0.3 is 4.74 Å². The first kappa shape index (κ1) is 18.7. The molecule has 0 bridgehead atoms. The first-order chi connectivity index (χ1) is 10.4. The van der Waals surface area contributed by atoms with Gasteiger partial charge in [0.2, 0.25) is 0 Å². The topological polar surface area (TPSA) is 29.5 Å². The molecule has 0 saturated heterocycles. The lowest BCUT2D eigenvalue weighted by molar-refractivity contribution is -0.161. The molecule has 0 heterocycles. The van der Waals surface area contributed by atoms with E-state index < -0.39 is 5.60 Å². The van der Waals surface area contributed by atoms with E-state index in [1.54, 1.807) is 0 Å². The van der Waals surface area contributed by atoms with Crippen LogP contribution in [0.15, 0.2) is 30.3 Å². The summed E-state index contributed by atoms with van der Waals surface area (Å²) in [5.41, 5.74) is 0.728. The van der Waals surface area contributed by atoms with Gasteiger partial charge in [-0.25, -0.2) is 0 Å². The van der Waals surface area contributed by atoms with Crippen molar-refractivity contribution >= 4 is 5.97 Å². The van der Waals surface area contributed by atoms with Gasteiger partial charge in [-0.1, -0.05) is 44.2 Å². The summed E-state index contributed by atoms with van der Waals surface area (Å²) in [5, 5.41) is 0. The van der Waals surface area contributed by atoms with Crippen LogP contribution in [0.25, 0.3) is 0 Å². The number of esters is 1. The SMILES string of the molecule is CCCN(CCC)[C@@H](Cc1ccccc1)C(=O)OC(C)(C)C. The van der Waals surface area contributed by atoms with Crippen LogP contribution in [0, 0.1) is 0 Å². The van der Waals surface area contributed by atoms with E-state index in [0.717, 1.165) is 25.9 Å². The molecule has 1 atom stereocenters. The van der Waals surface area contributed by atoms with Crippen molar-refractivity contribution < 1.29 is 9.53 Å². The van der Waals surface area contributed by atoms with Crippen LogP contribution < -0.4 is 0 Å². The van der Waals surface area contributed by atoms with Gasteiger partial charge in [-0.15, -0.1) is 0 Å². The summed E-state index contributed by atoms with van der Waals surface area (Å²) in [4.78, 5) is 15.0. The zero-order valence-electron chi connectivity index (χ0n) is 14.8. The summed E-state index contributed by atoms with van der Waals surface area (Å²) in [6.07, 6.45) is 2.78. The van der Waals surface area contributed by atoms with Crippen LogP contribution in [0.3, 0.4) is 0 Å². The van der Waals surface area contributed by atoms with Crippen molar-refractivity contribution in [3.63, 3.8) is 0 Å². The van der Waals surface area contributed by atoms with E-state index in [2.05, 4.69) is 30.9 Å². The van der Waals surface area contributed by atoms with Gasteiger partial charge in [0.15, 0.2) is 0 Å². The Morgan fingerprint density at radius 2 is 1.64 bits per heavy atom. The Bertz CT molecular complexity index is 430. The van der Waals surface area contributed by atoms with Gasteiger partial charge in [0.05, 0.1) is 0 Å². The molecule has 3 heteroatoms. The minimum Gasteiger partial charge on any atom is -0.459 e. The van der Waals surface area contributed by atoms with Crippen LogP contribution in [0.5, 0.6) is 0 Å². The molecule has 0 aromatic heterocycles. The fourth-order valence-electron chi connectivity index (χ4n) is 2.57. The van der Waals surface area contributed by atoms with Crippen LogP contribution >= 0.6 is 0 Å². The third-order valence-electron chi connectivity index (χ3n) is 3.41. The maximum absolute atomic E-state index is 12.7. The summed E-state index contributed by atoms with van der Waals surface area (Å²) in [5.74, 6) is -0.113. The molecule has 0 aliphatic rings. The maximum Gasteiger partial charge on any atom is 0.324 e. The van der Waals surface area contributed by atoms with Crippen molar-refractivity contribution in [1.82, 2.24) is 4.90 Å². The average molecular weight is 305 g/mol.